The Kier molecular flexibility index (Phi) is 9.40. The quantitative estimate of drug-likeness (QED) is 0.159. The fourth-order valence-corrected chi connectivity index (χ4v) is 12.6. The molecular formula is C69H40N4O2S. The van der Waals surface area contributed by atoms with Gasteiger partial charge in [0.05, 0.1) is 11.0 Å². The number of fused-ring (bicyclic) bond motifs is 12. The summed E-state index contributed by atoms with van der Waals surface area (Å²) in [6.45, 7) is 0. The number of rotatable bonds is 7. The van der Waals surface area contributed by atoms with E-state index in [2.05, 4.69) is 211 Å². The van der Waals surface area contributed by atoms with E-state index in [9.17, 15) is 0 Å². The maximum atomic E-state index is 6.60. The van der Waals surface area contributed by atoms with Gasteiger partial charge in [-0.3, -0.25) is 0 Å². The molecule has 11 aromatic carbocycles. The second-order valence-electron chi connectivity index (χ2n) is 19.5. The average molecular weight is 989 g/mol. The van der Waals surface area contributed by atoms with E-state index in [4.69, 9.17) is 23.8 Å². The zero-order chi connectivity index (χ0) is 49.8. The zero-order valence-electron chi connectivity index (χ0n) is 40.6. The van der Waals surface area contributed by atoms with Gasteiger partial charge in [-0.15, -0.1) is 11.3 Å². The van der Waals surface area contributed by atoms with Crippen LogP contribution in [-0.2, 0) is 0 Å². The van der Waals surface area contributed by atoms with Gasteiger partial charge < -0.3 is 13.4 Å². The number of hydrogen-bond donors (Lipinski definition) is 0. The lowest BCUT2D eigenvalue weighted by atomic mass is 9.99. The molecule has 5 aromatic heterocycles. The molecule has 6 nitrogen and oxygen atoms in total. The highest BCUT2D eigenvalue weighted by atomic mass is 32.1. The van der Waals surface area contributed by atoms with E-state index in [1.807, 2.05) is 36.4 Å². The van der Waals surface area contributed by atoms with Crippen LogP contribution in [0.25, 0.3) is 159 Å². The van der Waals surface area contributed by atoms with E-state index in [-0.39, 0.29) is 0 Å². The molecule has 0 aliphatic rings. The molecule has 0 fully saturated rings. The van der Waals surface area contributed by atoms with Gasteiger partial charge in [0.15, 0.2) is 17.5 Å². The molecule has 0 amide bonds. The molecule has 354 valence electrons. The van der Waals surface area contributed by atoms with E-state index in [0.717, 1.165) is 110 Å². The summed E-state index contributed by atoms with van der Waals surface area (Å²) in [5.41, 5.74) is 16.4. The van der Waals surface area contributed by atoms with Crippen LogP contribution in [0.1, 0.15) is 0 Å². The van der Waals surface area contributed by atoms with E-state index in [0.29, 0.717) is 17.5 Å². The first-order valence-electron chi connectivity index (χ1n) is 25.5. The Hall–Kier alpha value is -9.95. The van der Waals surface area contributed by atoms with E-state index in [1.165, 1.54) is 32.1 Å². The predicted octanol–water partition coefficient (Wildman–Crippen LogP) is 19.1. The molecule has 0 saturated heterocycles. The smallest absolute Gasteiger partial charge is 0.164 e. The van der Waals surface area contributed by atoms with Crippen LogP contribution >= 0.6 is 11.3 Å². The second-order valence-corrected chi connectivity index (χ2v) is 20.6. The molecule has 0 aliphatic carbocycles. The molecule has 0 atom stereocenters. The molecule has 0 aliphatic heterocycles. The Balaban J connectivity index is 0.758. The van der Waals surface area contributed by atoms with Gasteiger partial charge in [0.25, 0.3) is 0 Å². The van der Waals surface area contributed by atoms with Crippen molar-refractivity contribution in [3.8, 4) is 73.2 Å². The highest BCUT2D eigenvalue weighted by Gasteiger charge is 2.20. The Labute approximate surface area is 439 Å². The van der Waals surface area contributed by atoms with Crippen molar-refractivity contribution in [2.45, 2.75) is 0 Å². The highest BCUT2D eigenvalue weighted by molar-refractivity contribution is 7.26. The maximum Gasteiger partial charge on any atom is 0.164 e. The number of furan rings is 2. The highest BCUT2D eigenvalue weighted by Crippen LogP contribution is 2.44. The van der Waals surface area contributed by atoms with E-state index < -0.39 is 0 Å². The van der Waals surface area contributed by atoms with Crippen molar-refractivity contribution in [2.24, 2.45) is 0 Å². The molecular weight excluding hydrogens is 949 g/mol. The third kappa shape index (κ3) is 6.83. The lowest BCUT2D eigenvalue weighted by molar-refractivity contribution is 0.668. The molecule has 7 heteroatoms. The van der Waals surface area contributed by atoms with E-state index >= 15 is 0 Å². The van der Waals surface area contributed by atoms with Crippen molar-refractivity contribution in [3.63, 3.8) is 0 Å². The summed E-state index contributed by atoms with van der Waals surface area (Å²) in [5, 5.41) is 9.07. The molecule has 0 bridgehead atoms. The molecule has 0 N–H and O–H groups in total. The van der Waals surface area contributed by atoms with Crippen LogP contribution < -0.4 is 0 Å². The van der Waals surface area contributed by atoms with Crippen LogP contribution in [0.15, 0.2) is 251 Å². The third-order valence-corrected chi connectivity index (χ3v) is 16.2. The number of benzene rings is 11. The third-order valence-electron chi connectivity index (χ3n) is 15.1. The molecule has 0 spiro atoms. The number of hydrogen-bond acceptors (Lipinski definition) is 6. The minimum atomic E-state index is 0.581. The lowest BCUT2D eigenvalue weighted by Crippen LogP contribution is -2.00. The molecule has 5 heterocycles. The Morgan fingerprint density at radius 3 is 1.53 bits per heavy atom. The largest absolute Gasteiger partial charge is 0.456 e. The Morgan fingerprint density at radius 2 is 0.803 bits per heavy atom. The fraction of sp³-hybridized carbons (Fsp3) is 0. The minimum absolute atomic E-state index is 0.581. The summed E-state index contributed by atoms with van der Waals surface area (Å²) >= 11 is 1.78. The number of para-hydroxylation sites is 2. The summed E-state index contributed by atoms with van der Waals surface area (Å²) in [4.78, 5) is 15.5. The SMILES string of the molecule is c1ccc(-c2ccc3oc4cc(-c5nc(-c6ccccc6)nc(-c6cccc7sc8cc(-c9ccc%10c(c9)oc9ccc(-c%11ccc%12c%13ccccc%13n(-c%13ccccc%13)c%12c%11)cc9%10)ccc8c67)n5)ccc4c3c2)cc1. The number of thiophene rings is 1. The van der Waals surface area contributed by atoms with Crippen molar-refractivity contribution in [1.82, 2.24) is 19.5 Å². The summed E-state index contributed by atoms with van der Waals surface area (Å²) < 4.78 is 17.8. The van der Waals surface area contributed by atoms with Gasteiger partial charge in [-0.2, -0.15) is 0 Å². The molecule has 16 rings (SSSR count). The minimum Gasteiger partial charge on any atom is -0.456 e. The standard InChI is InChI=1S/C69H40N4O2S/c1-4-13-41(14-5-1)43-27-33-60-56(35-43)53-31-26-48(39-63(53)75-60)68-70-67(42-15-6-2-7-16-42)71-69(72-68)55-20-12-22-64-66(55)54-32-25-47(40-65(54)76-64)46-24-30-52-57-36-44(28-34-61(57)74-62(52)38-46)45-23-29-51-50-19-10-11-21-58(50)73(59(51)37-45)49-17-8-3-9-18-49/h1-40H. The van der Waals surface area contributed by atoms with E-state index in [1.54, 1.807) is 11.3 Å². The molecule has 16 aromatic rings. The topological polar surface area (TPSA) is 69.9 Å². The van der Waals surface area contributed by atoms with Gasteiger partial charge in [-0.05, 0) is 118 Å². The van der Waals surface area contributed by atoms with Gasteiger partial charge in [-0.25, -0.2) is 15.0 Å². The molecule has 0 saturated carbocycles. The van der Waals surface area contributed by atoms with Crippen LogP contribution in [0, 0.1) is 0 Å². The summed E-state index contributed by atoms with van der Waals surface area (Å²) in [5.74, 6) is 1.81. The lowest BCUT2D eigenvalue weighted by Gasteiger charge is -2.10. The van der Waals surface area contributed by atoms with Crippen LogP contribution in [0.4, 0.5) is 0 Å². The molecule has 0 unspecified atom stereocenters. The van der Waals surface area contributed by atoms with Crippen molar-refractivity contribution in [3.05, 3.63) is 243 Å². The number of nitrogens with zero attached hydrogens (tertiary/aromatic N) is 4. The Morgan fingerprint density at radius 1 is 0.289 bits per heavy atom. The maximum absolute atomic E-state index is 6.60. The summed E-state index contributed by atoms with van der Waals surface area (Å²) in [6, 6.07) is 85.7. The van der Waals surface area contributed by atoms with Gasteiger partial charge in [0, 0.05) is 74.9 Å². The predicted molar refractivity (Wildman–Crippen MR) is 314 cm³/mol. The fourth-order valence-electron chi connectivity index (χ4n) is 11.4. The van der Waals surface area contributed by atoms with Gasteiger partial charge in [0.1, 0.15) is 22.3 Å². The van der Waals surface area contributed by atoms with Gasteiger partial charge >= 0.3 is 0 Å². The van der Waals surface area contributed by atoms with Crippen LogP contribution in [0.3, 0.4) is 0 Å². The first-order valence-corrected chi connectivity index (χ1v) is 26.3. The second kappa shape index (κ2) is 16.8. The monoisotopic (exact) mass is 988 g/mol. The van der Waals surface area contributed by atoms with Crippen molar-refractivity contribution >= 4 is 97.2 Å². The van der Waals surface area contributed by atoms with Gasteiger partial charge in [-0.1, -0.05) is 158 Å². The van der Waals surface area contributed by atoms with Gasteiger partial charge in [0.2, 0.25) is 0 Å². The van der Waals surface area contributed by atoms with Crippen molar-refractivity contribution < 1.29 is 8.83 Å². The normalized spacial score (nSPS) is 11.9. The first kappa shape index (κ1) is 42.5. The molecule has 76 heavy (non-hydrogen) atoms. The Bertz CT molecular complexity index is 4990. The first-order chi connectivity index (χ1) is 37.6. The average Bonchev–Trinajstić information content (AvgIpc) is 4.29. The van der Waals surface area contributed by atoms with Crippen molar-refractivity contribution in [1.29, 1.82) is 0 Å². The van der Waals surface area contributed by atoms with Crippen LogP contribution in [-0.4, -0.2) is 19.5 Å². The molecule has 0 radical (unpaired) electrons. The number of aromatic nitrogens is 4. The van der Waals surface area contributed by atoms with Crippen LogP contribution in [0.5, 0.6) is 0 Å². The van der Waals surface area contributed by atoms with Crippen molar-refractivity contribution in [2.75, 3.05) is 0 Å². The van der Waals surface area contributed by atoms with Crippen LogP contribution in [0.2, 0.25) is 0 Å². The summed E-state index contributed by atoms with van der Waals surface area (Å²) in [7, 11) is 0. The summed E-state index contributed by atoms with van der Waals surface area (Å²) in [6.07, 6.45) is 0. The zero-order valence-corrected chi connectivity index (χ0v) is 41.4.